The zero-order valence-electron chi connectivity index (χ0n) is 25.0. The molecular formula is C42H34N2. The molecule has 0 spiro atoms. The lowest BCUT2D eigenvalue weighted by Gasteiger charge is -2.37. The van der Waals surface area contributed by atoms with E-state index in [1.807, 2.05) is 0 Å². The summed E-state index contributed by atoms with van der Waals surface area (Å²) in [5, 5.41) is 5.39. The maximum Gasteiger partial charge on any atom is 0.111 e. The van der Waals surface area contributed by atoms with E-state index in [1.165, 1.54) is 69.5 Å². The van der Waals surface area contributed by atoms with Gasteiger partial charge in [0.25, 0.3) is 0 Å². The smallest absolute Gasteiger partial charge is 0.111 e. The zero-order valence-corrected chi connectivity index (χ0v) is 25.0. The number of imidazole rings is 1. The standard InChI is InChI=1S/C42H34N2/c1-25-43-38-15-6-7-16-39(38)44(25)30-19-17-27(18-20-30)40-32-9-2-4-11-34(32)42(35-12-5-3-10-33(35)40)36-14-8-13-31-28-21-26-22-29(24-28)37(23-26)41(31)36/h2-20,26,28-29,37H,21-24H2,1H3. The lowest BCUT2D eigenvalue weighted by molar-refractivity contribution is 0.297. The molecule has 1 heterocycles. The molecule has 0 aliphatic heterocycles. The summed E-state index contributed by atoms with van der Waals surface area (Å²) >= 11 is 0. The first-order valence-electron chi connectivity index (χ1n) is 16.3. The summed E-state index contributed by atoms with van der Waals surface area (Å²) in [5.74, 6) is 4.27. The third-order valence-electron chi connectivity index (χ3n) is 11.3. The van der Waals surface area contributed by atoms with Gasteiger partial charge in [-0.1, -0.05) is 91.0 Å². The van der Waals surface area contributed by atoms with Gasteiger partial charge in [0, 0.05) is 5.69 Å². The number of hydrogen-bond acceptors (Lipinski definition) is 1. The maximum absolute atomic E-state index is 4.81. The molecule has 10 rings (SSSR count). The van der Waals surface area contributed by atoms with Crippen LogP contribution in [0.2, 0.25) is 0 Å². The Bertz CT molecular complexity index is 2210. The van der Waals surface area contributed by atoms with Gasteiger partial charge in [0.1, 0.15) is 5.82 Å². The Hall–Kier alpha value is -4.69. The van der Waals surface area contributed by atoms with Crippen molar-refractivity contribution in [1.29, 1.82) is 0 Å². The van der Waals surface area contributed by atoms with E-state index in [9.17, 15) is 0 Å². The second kappa shape index (κ2) is 9.16. The summed E-state index contributed by atoms with van der Waals surface area (Å²) in [6.45, 7) is 2.09. The quantitative estimate of drug-likeness (QED) is 0.195. The van der Waals surface area contributed by atoms with Crippen LogP contribution in [-0.2, 0) is 0 Å². The van der Waals surface area contributed by atoms with E-state index >= 15 is 0 Å². The van der Waals surface area contributed by atoms with Crippen molar-refractivity contribution in [3.05, 3.63) is 132 Å². The van der Waals surface area contributed by atoms with Gasteiger partial charge in [0.2, 0.25) is 0 Å². The van der Waals surface area contributed by atoms with Crippen LogP contribution in [0, 0.1) is 18.8 Å². The van der Waals surface area contributed by atoms with Crippen molar-refractivity contribution in [3.8, 4) is 27.9 Å². The van der Waals surface area contributed by atoms with Crippen molar-refractivity contribution < 1.29 is 0 Å². The molecule has 2 heteroatoms. The van der Waals surface area contributed by atoms with Gasteiger partial charge in [-0.3, -0.25) is 4.57 Å². The minimum atomic E-state index is 0.720. The van der Waals surface area contributed by atoms with Crippen molar-refractivity contribution in [2.45, 2.75) is 44.4 Å². The largest absolute Gasteiger partial charge is 0.297 e. The molecule has 3 aliphatic carbocycles. The summed E-state index contributed by atoms with van der Waals surface area (Å²) in [7, 11) is 0. The number of benzene rings is 6. The molecule has 3 bridgehead atoms. The summed E-state index contributed by atoms with van der Waals surface area (Å²) in [6, 6.07) is 43.1. The molecule has 2 fully saturated rings. The van der Waals surface area contributed by atoms with Crippen LogP contribution in [0.25, 0.3) is 60.5 Å². The van der Waals surface area contributed by atoms with Crippen LogP contribution in [0.4, 0.5) is 0 Å². The van der Waals surface area contributed by atoms with Gasteiger partial charge in [-0.2, -0.15) is 0 Å². The van der Waals surface area contributed by atoms with Crippen LogP contribution in [0.15, 0.2) is 115 Å². The monoisotopic (exact) mass is 566 g/mol. The molecule has 1 aromatic heterocycles. The molecule has 4 atom stereocenters. The average Bonchev–Trinajstić information content (AvgIpc) is 3.52. The van der Waals surface area contributed by atoms with Gasteiger partial charge in [0.15, 0.2) is 0 Å². The van der Waals surface area contributed by atoms with Gasteiger partial charge < -0.3 is 0 Å². The second-order valence-corrected chi connectivity index (χ2v) is 13.6. The Balaban J connectivity index is 1.21. The fourth-order valence-electron chi connectivity index (χ4n) is 9.71. The lowest BCUT2D eigenvalue weighted by Crippen LogP contribution is -2.23. The van der Waals surface area contributed by atoms with Crippen LogP contribution in [0.1, 0.15) is 54.5 Å². The highest BCUT2D eigenvalue weighted by Crippen LogP contribution is 2.62. The summed E-state index contributed by atoms with van der Waals surface area (Å²) in [5.41, 5.74) is 12.2. The number of fused-ring (bicyclic) bond motifs is 8. The highest BCUT2D eigenvalue weighted by atomic mass is 15.1. The van der Waals surface area contributed by atoms with E-state index in [2.05, 4.69) is 127 Å². The van der Waals surface area contributed by atoms with E-state index in [0.717, 1.165) is 46.2 Å². The van der Waals surface area contributed by atoms with E-state index in [4.69, 9.17) is 4.98 Å². The highest BCUT2D eigenvalue weighted by Gasteiger charge is 2.47. The number of rotatable bonds is 3. The number of hydrogen-bond donors (Lipinski definition) is 0. The van der Waals surface area contributed by atoms with Crippen LogP contribution in [0.5, 0.6) is 0 Å². The fourth-order valence-corrected chi connectivity index (χ4v) is 9.71. The maximum atomic E-state index is 4.81. The Morgan fingerprint density at radius 1 is 0.614 bits per heavy atom. The average molecular weight is 567 g/mol. The van der Waals surface area contributed by atoms with Gasteiger partial charge in [0.05, 0.1) is 11.0 Å². The third-order valence-corrected chi connectivity index (χ3v) is 11.3. The summed E-state index contributed by atoms with van der Waals surface area (Å²) in [6.07, 6.45) is 5.63. The molecular weight excluding hydrogens is 532 g/mol. The first-order valence-corrected chi connectivity index (χ1v) is 16.3. The second-order valence-electron chi connectivity index (χ2n) is 13.6. The first-order chi connectivity index (χ1) is 21.7. The molecule has 0 saturated heterocycles. The van der Waals surface area contributed by atoms with Gasteiger partial charge >= 0.3 is 0 Å². The Kier molecular flexibility index (Phi) is 5.15. The van der Waals surface area contributed by atoms with Crippen LogP contribution in [0.3, 0.4) is 0 Å². The van der Waals surface area contributed by atoms with Crippen molar-refractivity contribution in [2.24, 2.45) is 11.8 Å². The molecule has 44 heavy (non-hydrogen) atoms. The lowest BCUT2D eigenvalue weighted by atomic mass is 9.67. The Morgan fingerprint density at radius 2 is 1.30 bits per heavy atom. The number of aryl methyl sites for hydroxylation is 1. The minimum absolute atomic E-state index is 0.720. The third kappa shape index (κ3) is 3.40. The highest BCUT2D eigenvalue weighted by molar-refractivity contribution is 6.21. The van der Waals surface area contributed by atoms with Crippen molar-refractivity contribution >= 4 is 32.6 Å². The summed E-state index contributed by atoms with van der Waals surface area (Å²) < 4.78 is 2.26. The van der Waals surface area contributed by atoms with Crippen molar-refractivity contribution in [3.63, 3.8) is 0 Å². The normalized spacial score (nSPS) is 21.8. The number of aromatic nitrogens is 2. The van der Waals surface area contributed by atoms with E-state index in [0.29, 0.717) is 0 Å². The zero-order chi connectivity index (χ0) is 28.9. The molecule has 212 valence electrons. The van der Waals surface area contributed by atoms with Gasteiger partial charge in [-0.05, 0) is 135 Å². The number of para-hydroxylation sites is 2. The molecule has 4 unspecified atom stereocenters. The molecule has 0 amide bonds. The van der Waals surface area contributed by atoms with Gasteiger partial charge in [-0.15, -0.1) is 0 Å². The molecule has 2 saturated carbocycles. The molecule has 2 nitrogen and oxygen atoms in total. The fraction of sp³-hybridized carbons (Fsp3) is 0.214. The minimum Gasteiger partial charge on any atom is -0.297 e. The molecule has 0 N–H and O–H groups in total. The van der Waals surface area contributed by atoms with E-state index in [1.54, 1.807) is 11.1 Å². The van der Waals surface area contributed by atoms with Crippen molar-refractivity contribution in [1.82, 2.24) is 9.55 Å². The predicted octanol–water partition coefficient (Wildman–Crippen LogP) is 11.0. The van der Waals surface area contributed by atoms with Gasteiger partial charge in [-0.25, -0.2) is 4.98 Å². The van der Waals surface area contributed by atoms with Crippen molar-refractivity contribution in [2.75, 3.05) is 0 Å². The van der Waals surface area contributed by atoms with E-state index < -0.39 is 0 Å². The molecule has 3 aliphatic rings. The molecule has 7 aromatic rings. The van der Waals surface area contributed by atoms with Crippen LogP contribution < -0.4 is 0 Å². The van der Waals surface area contributed by atoms with Crippen LogP contribution >= 0.6 is 0 Å². The predicted molar refractivity (Wildman–Crippen MR) is 183 cm³/mol. The SMILES string of the molecule is Cc1nc2ccccc2n1-c1ccc(-c2c3ccccc3c(-c3cccc4c3C3CC5CC4CC3C5)c3ccccc23)cc1. The topological polar surface area (TPSA) is 17.8 Å². The number of nitrogens with zero attached hydrogens (tertiary/aromatic N) is 2. The first kappa shape index (κ1) is 24.7. The summed E-state index contributed by atoms with van der Waals surface area (Å²) in [4.78, 5) is 4.81. The molecule has 0 radical (unpaired) electrons. The molecule has 6 aromatic carbocycles. The van der Waals surface area contributed by atoms with E-state index in [-0.39, 0.29) is 0 Å². The Labute approximate surface area is 258 Å². The Morgan fingerprint density at radius 3 is 2.05 bits per heavy atom. The van der Waals surface area contributed by atoms with Crippen LogP contribution in [-0.4, -0.2) is 9.55 Å².